The van der Waals surface area contributed by atoms with Crippen molar-refractivity contribution in [3.05, 3.63) is 11.6 Å². The third-order valence-electron chi connectivity index (χ3n) is 8.95. The van der Waals surface area contributed by atoms with Gasteiger partial charge in [-0.2, -0.15) is 0 Å². The second-order valence-electron chi connectivity index (χ2n) is 10.3. The zero-order valence-corrected chi connectivity index (χ0v) is 17.7. The van der Waals surface area contributed by atoms with E-state index in [4.69, 9.17) is 16.2 Å². The number of aliphatic hydroxyl groups excluding tert-OH is 1. The lowest BCUT2D eigenvalue weighted by atomic mass is 9.47. The highest BCUT2D eigenvalue weighted by Gasteiger charge is 2.58. The minimum Gasteiger partial charge on any atom is -0.393 e. The maximum Gasteiger partial charge on any atom is 0.185 e. The number of nitrogens with two attached hydrogens (primary N) is 2. The van der Waals surface area contributed by atoms with Gasteiger partial charge >= 0.3 is 0 Å². The molecule has 28 heavy (non-hydrogen) atoms. The molecule has 5 N–H and O–H groups in total. The molecule has 0 amide bonds. The van der Waals surface area contributed by atoms with Crippen molar-refractivity contribution >= 4 is 5.96 Å². The van der Waals surface area contributed by atoms with Crippen LogP contribution in [0.15, 0.2) is 16.6 Å². The maximum atomic E-state index is 10.6. The third-order valence-corrected chi connectivity index (χ3v) is 8.95. The first kappa shape index (κ1) is 20.2. The van der Waals surface area contributed by atoms with Gasteiger partial charge in [-0.25, -0.2) is 0 Å². The van der Waals surface area contributed by atoms with Gasteiger partial charge in [-0.3, -0.25) is 4.99 Å². The molecule has 0 bridgehead atoms. The van der Waals surface area contributed by atoms with E-state index in [1.165, 1.54) is 38.5 Å². The predicted octanol–water partition coefficient (Wildman–Crippen LogP) is 3.36. The molecule has 0 aromatic carbocycles. The van der Waals surface area contributed by atoms with Crippen LogP contribution in [-0.4, -0.2) is 36.4 Å². The van der Waals surface area contributed by atoms with Gasteiger partial charge in [0.05, 0.1) is 12.2 Å². The molecule has 0 aliphatic heterocycles. The molecule has 3 fully saturated rings. The Labute approximate surface area is 170 Å². The van der Waals surface area contributed by atoms with E-state index >= 15 is 0 Å². The molecule has 4 aliphatic carbocycles. The number of hydrogen-bond donors (Lipinski definition) is 3. The minimum absolute atomic E-state index is 0.0775. The Morgan fingerprint density at radius 3 is 2.75 bits per heavy atom. The average molecular weight is 390 g/mol. The summed E-state index contributed by atoms with van der Waals surface area (Å²) in [7, 11) is 0. The van der Waals surface area contributed by atoms with E-state index in [1.54, 1.807) is 5.57 Å². The largest absolute Gasteiger partial charge is 0.393 e. The molecule has 5 nitrogen and oxygen atoms in total. The SMILES string of the molecule is CC12CCC(OCCCN=C(N)N)C=C1CCC1C2CCC2(C)C(O)CCC12. The topological polar surface area (TPSA) is 93.9 Å². The van der Waals surface area contributed by atoms with Crippen LogP contribution in [0.4, 0.5) is 0 Å². The smallest absolute Gasteiger partial charge is 0.185 e. The molecule has 4 rings (SSSR count). The Morgan fingerprint density at radius 2 is 1.96 bits per heavy atom. The fourth-order valence-corrected chi connectivity index (χ4v) is 7.31. The number of nitrogens with zero attached hydrogens (tertiary/aromatic N) is 1. The number of aliphatic hydroxyl groups is 1. The molecule has 0 aromatic rings. The van der Waals surface area contributed by atoms with Crippen LogP contribution in [-0.2, 0) is 4.74 Å². The van der Waals surface area contributed by atoms with Crippen molar-refractivity contribution in [3.63, 3.8) is 0 Å². The molecule has 7 atom stereocenters. The zero-order valence-electron chi connectivity index (χ0n) is 17.7. The summed E-state index contributed by atoms with van der Waals surface area (Å²) in [4.78, 5) is 4.03. The van der Waals surface area contributed by atoms with Crippen LogP contribution < -0.4 is 11.5 Å². The Morgan fingerprint density at radius 1 is 1.14 bits per heavy atom. The number of fused-ring (bicyclic) bond motifs is 5. The molecule has 158 valence electrons. The number of hydrogen-bond acceptors (Lipinski definition) is 3. The summed E-state index contributed by atoms with van der Waals surface area (Å²) in [6, 6.07) is 0. The molecule has 3 saturated carbocycles. The van der Waals surface area contributed by atoms with E-state index < -0.39 is 0 Å². The van der Waals surface area contributed by atoms with Crippen molar-refractivity contribution in [3.8, 4) is 0 Å². The van der Waals surface area contributed by atoms with Crippen LogP contribution in [0, 0.1) is 28.6 Å². The lowest BCUT2D eigenvalue weighted by Gasteiger charge is -2.58. The molecular formula is C23H39N3O2. The highest BCUT2D eigenvalue weighted by Crippen LogP contribution is 2.65. The normalized spacial score (nSPS) is 44.8. The molecule has 5 heteroatoms. The highest BCUT2D eigenvalue weighted by molar-refractivity contribution is 5.75. The number of rotatable bonds is 5. The first-order chi connectivity index (χ1) is 13.3. The highest BCUT2D eigenvalue weighted by atomic mass is 16.5. The lowest BCUT2D eigenvalue weighted by molar-refractivity contribution is -0.0779. The second-order valence-corrected chi connectivity index (χ2v) is 10.3. The van der Waals surface area contributed by atoms with Gasteiger partial charge in [-0.1, -0.05) is 25.5 Å². The molecule has 0 spiro atoms. The van der Waals surface area contributed by atoms with Crippen molar-refractivity contribution in [1.82, 2.24) is 0 Å². The van der Waals surface area contributed by atoms with E-state index in [2.05, 4.69) is 24.9 Å². The summed E-state index contributed by atoms with van der Waals surface area (Å²) in [6.07, 6.45) is 13.1. The predicted molar refractivity (Wildman–Crippen MR) is 113 cm³/mol. The first-order valence-corrected chi connectivity index (χ1v) is 11.4. The molecule has 0 saturated heterocycles. The van der Waals surface area contributed by atoms with Crippen LogP contribution in [0.5, 0.6) is 0 Å². The second kappa shape index (κ2) is 7.64. The van der Waals surface area contributed by atoms with Crippen molar-refractivity contribution in [1.29, 1.82) is 0 Å². The zero-order chi connectivity index (χ0) is 19.9. The average Bonchev–Trinajstić information content (AvgIpc) is 2.96. The summed E-state index contributed by atoms with van der Waals surface area (Å²) in [6.45, 7) is 6.25. The lowest BCUT2D eigenvalue weighted by Crippen LogP contribution is -2.51. The number of ether oxygens (including phenoxy) is 1. The monoisotopic (exact) mass is 389 g/mol. The first-order valence-electron chi connectivity index (χ1n) is 11.4. The Hall–Kier alpha value is -1.07. The van der Waals surface area contributed by atoms with E-state index in [9.17, 15) is 5.11 Å². The minimum atomic E-state index is -0.0775. The van der Waals surface area contributed by atoms with E-state index in [-0.39, 0.29) is 23.6 Å². The summed E-state index contributed by atoms with van der Waals surface area (Å²) in [5, 5.41) is 10.6. The van der Waals surface area contributed by atoms with Gasteiger partial charge in [0.2, 0.25) is 0 Å². The standard InChI is InChI=1S/C23H39N3O2/c1-22-10-8-16(28-13-3-12-26-21(24)25)14-15(22)4-5-17-18-6-7-20(27)23(18,2)11-9-19(17)22/h14,16-20,27H,3-13H2,1-2H3,(H4,24,25,26). The third kappa shape index (κ3) is 3.39. The van der Waals surface area contributed by atoms with E-state index in [1.807, 2.05) is 0 Å². The van der Waals surface area contributed by atoms with E-state index in [0.29, 0.717) is 18.6 Å². The fraction of sp³-hybridized carbons (Fsp3) is 0.870. The van der Waals surface area contributed by atoms with Crippen molar-refractivity contribution in [2.24, 2.45) is 45.0 Å². The Kier molecular flexibility index (Phi) is 5.51. The maximum absolute atomic E-state index is 10.6. The Balaban J connectivity index is 1.41. The molecule has 7 unspecified atom stereocenters. The summed E-state index contributed by atoms with van der Waals surface area (Å²) >= 11 is 0. The fourth-order valence-electron chi connectivity index (χ4n) is 7.31. The molecular weight excluding hydrogens is 350 g/mol. The summed E-state index contributed by atoms with van der Waals surface area (Å²) < 4.78 is 6.13. The van der Waals surface area contributed by atoms with Gasteiger partial charge in [0.15, 0.2) is 5.96 Å². The number of guanidine groups is 1. The van der Waals surface area contributed by atoms with Gasteiger partial charge in [-0.15, -0.1) is 0 Å². The number of allylic oxidation sites excluding steroid dienone is 1. The van der Waals surface area contributed by atoms with Crippen LogP contribution >= 0.6 is 0 Å². The van der Waals surface area contributed by atoms with Crippen LogP contribution in [0.1, 0.15) is 71.6 Å². The Bertz CT molecular complexity index is 644. The van der Waals surface area contributed by atoms with Crippen molar-refractivity contribution in [2.75, 3.05) is 13.2 Å². The molecule has 0 aromatic heterocycles. The molecule has 4 aliphatic rings. The quantitative estimate of drug-likeness (QED) is 0.291. The van der Waals surface area contributed by atoms with E-state index in [0.717, 1.165) is 37.0 Å². The summed E-state index contributed by atoms with van der Waals surface area (Å²) in [5.74, 6) is 2.48. The van der Waals surface area contributed by atoms with Gasteiger partial charge < -0.3 is 21.3 Å². The van der Waals surface area contributed by atoms with Crippen molar-refractivity contribution < 1.29 is 9.84 Å². The number of aliphatic imine (C=N–C) groups is 1. The van der Waals surface area contributed by atoms with Gasteiger partial charge in [0, 0.05) is 13.2 Å². The van der Waals surface area contributed by atoms with Crippen LogP contribution in [0.25, 0.3) is 0 Å². The summed E-state index contributed by atoms with van der Waals surface area (Å²) in [5.41, 5.74) is 12.9. The van der Waals surface area contributed by atoms with Gasteiger partial charge in [0.25, 0.3) is 0 Å². The molecule has 0 heterocycles. The van der Waals surface area contributed by atoms with Crippen LogP contribution in [0.3, 0.4) is 0 Å². The van der Waals surface area contributed by atoms with Crippen LogP contribution in [0.2, 0.25) is 0 Å². The molecule has 0 radical (unpaired) electrons. The van der Waals surface area contributed by atoms with Crippen molar-refractivity contribution in [2.45, 2.75) is 83.8 Å². The van der Waals surface area contributed by atoms with Gasteiger partial charge in [-0.05, 0) is 86.4 Å². The van der Waals surface area contributed by atoms with Gasteiger partial charge in [0.1, 0.15) is 0 Å².